The Balaban J connectivity index is 1.55. The normalized spacial score (nSPS) is 11.3. The lowest BCUT2D eigenvalue weighted by Crippen LogP contribution is -2.23. The molecule has 3 aromatic carbocycles. The van der Waals surface area contributed by atoms with Gasteiger partial charge in [0.25, 0.3) is 5.91 Å². The quantitative estimate of drug-likeness (QED) is 0.257. The molecule has 190 valence electrons. The van der Waals surface area contributed by atoms with Crippen LogP contribution in [0.3, 0.4) is 0 Å². The molecule has 0 radical (unpaired) electrons. The molecule has 1 amide bonds. The van der Waals surface area contributed by atoms with Crippen molar-refractivity contribution in [1.29, 1.82) is 0 Å². The highest BCUT2D eigenvalue weighted by Gasteiger charge is 2.34. The standard InChI is InChI=1S/C29H25F3N2O2S/c1-18-7-8-23(16-27(18)37-3)28(35)34-17-24-14-22(11-12-33-24)20-6-4-5-19(13-20)21-9-10-26(36-2)25(15-21)29(30,31)32/h4-16H,17H2,1-3H3,(H,34,35). The van der Waals surface area contributed by atoms with Crippen molar-refractivity contribution in [1.82, 2.24) is 10.3 Å². The van der Waals surface area contributed by atoms with Gasteiger partial charge in [-0.1, -0.05) is 30.3 Å². The van der Waals surface area contributed by atoms with Gasteiger partial charge in [0.05, 0.1) is 24.9 Å². The number of pyridine rings is 1. The molecule has 0 atom stereocenters. The van der Waals surface area contributed by atoms with Gasteiger partial charge in [-0.2, -0.15) is 13.2 Å². The lowest BCUT2D eigenvalue weighted by molar-refractivity contribution is -0.138. The summed E-state index contributed by atoms with van der Waals surface area (Å²) in [5, 5.41) is 2.90. The number of rotatable bonds is 7. The Hall–Kier alpha value is -3.78. The molecule has 0 fully saturated rings. The maximum atomic E-state index is 13.5. The predicted molar refractivity (Wildman–Crippen MR) is 141 cm³/mol. The van der Waals surface area contributed by atoms with E-state index in [4.69, 9.17) is 4.74 Å². The summed E-state index contributed by atoms with van der Waals surface area (Å²) in [5.41, 5.74) is 4.27. The zero-order valence-corrected chi connectivity index (χ0v) is 21.3. The van der Waals surface area contributed by atoms with E-state index < -0.39 is 11.7 Å². The molecule has 0 aliphatic carbocycles. The van der Waals surface area contributed by atoms with E-state index in [0.717, 1.165) is 27.7 Å². The molecule has 0 saturated heterocycles. The molecule has 0 saturated carbocycles. The third-order valence-electron chi connectivity index (χ3n) is 5.95. The summed E-state index contributed by atoms with van der Waals surface area (Å²) in [6.07, 6.45) is -0.909. The largest absolute Gasteiger partial charge is 0.496 e. The lowest BCUT2D eigenvalue weighted by Gasteiger charge is -2.14. The van der Waals surface area contributed by atoms with Crippen molar-refractivity contribution in [2.45, 2.75) is 24.5 Å². The summed E-state index contributed by atoms with van der Waals surface area (Å²) >= 11 is 1.59. The van der Waals surface area contributed by atoms with Crippen LogP contribution in [0.2, 0.25) is 0 Å². The van der Waals surface area contributed by atoms with Crippen LogP contribution in [-0.2, 0) is 12.7 Å². The Morgan fingerprint density at radius 1 is 0.946 bits per heavy atom. The zero-order chi connectivity index (χ0) is 26.6. The van der Waals surface area contributed by atoms with E-state index in [2.05, 4.69) is 10.3 Å². The number of hydrogen-bond donors (Lipinski definition) is 1. The van der Waals surface area contributed by atoms with E-state index in [9.17, 15) is 18.0 Å². The second-order valence-corrected chi connectivity index (χ2v) is 9.24. The number of halogens is 3. The molecule has 1 aromatic heterocycles. The van der Waals surface area contributed by atoms with Gasteiger partial charge in [0.15, 0.2) is 0 Å². The van der Waals surface area contributed by atoms with E-state index in [0.29, 0.717) is 22.4 Å². The molecule has 8 heteroatoms. The van der Waals surface area contributed by atoms with E-state index in [1.54, 1.807) is 42.2 Å². The molecule has 1 N–H and O–H groups in total. The smallest absolute Gasteiger partial charge is 0.419 e. The number of benzene rings is 3. The van der Waals surface area contributed by atoms with Crippen LogP contribution in [0.15, 0.2) is 83.9 Å². The van der Waals surface area contributed by atoms with Crippen LogP contribution >= 0.6 is 11.8 Å². The molecule has 0 bridgehead atoms. The molecular formula is C29H25F3N2O2S. The fourth-order valence-electron chi connectivity index (χ4n) is 3.98. The van der Waals surface area contributed by atoms with Crippen LogP contribution in [0.25, 0.3) is 22.3 Å². The van der Waals surface area contributed by atoms with Crippen LogP contribution in [-0.4, -0.2) is 24.3 Å². The van der Waals surface area contributed by atoms with Gasteiger partial charge in [-0.3, -0.25) is 9.78 Å². The highest BCUT2D eigenvalue weighted by Crippen LogP contribution is 2.39. The third-order valence-corrected chi connectivity index (χ3v) is 6.83. The molecule has 4 rings (SSSR count). The summed E-state index contributed by atoms with van der Waals surface area (Å²) in [7, 11) is 1.22. The van der Waals surface area contributed by atoms with Crippen LogP contribution in [0.1, 0.15) is 27.2 Å². The summed E-state index contributed by atoms with van der Waals surface area (Å²) < 4.78 is 45.4. The second-order valence-electron chi connectivity index (χ2n) is 8.40. The Bertz CT molecular complexity index is 1440. The molecule has 0 unspecified atom stereocenters. The molecular weight excluding hydrogens is 497 g/mol. The minimum absolute atomic E-state index is 0.190. The first kappa shape index (κ1) is 26.3. The average Bonchev–Trinajstić information content (AvgIpc) is 2.91. The van der Waals surface area contributed by atoms with Gasteiger partial charge >= 0.3 is 6.18 Å². The molecule has 0 aliphatic rings. The monoisotopic (exact) mass is 522 g/mol. The number of amides is 1. The highest BCUT2D eigenvalue weighted by molar-refractivity contribution is 7.98. The first-order valence-corrected chi connectivity index (χ1v) is 12.7. The van der Waals surface area contributed by atoms with Gasteiger partial charge in [-0.25, -0.2) is 0 Å². The van der Waals surface area contributed by atoms with Crippen molar-refractivity contribution in [3.63, 3.8) is 0 Å². The van der Waals surface area contributed by atoms with Crippen molar-refractivity contribution < 1.29 is 22.7 Å². The molecule has 1 heterocycles. The molecule has 0 aliphatic heterocycles. The molecule has 4 aromatic rings. The SMILES string of the molecule is COc1ccc(-c2cccc(-c3ccnc(CNC(=O)c4ccc(C)c(SC)c4)c3)c2)cc1C(F)(F)F. The van der Waals surface area contributed by atoms with Gasteiger partial charge in [0, 0.05) is 16.7 Å². The van der Waals surface area contributed by atoms with Crippen LogP contribution in [0.4, 0.5) is 13.2 Å². The Kier molecular flexibility index (Phi) is 7.88. The van der Waals surface area contributed by atoms with E-state index in [-0.39, 0.29) is 18.2 Å². The molecule has 0 spiro atoms. The number of carbonyl (C=O) groups excluding carboxylic acids is 1. The van der Waals surface area contributed by atoms with E-state index in [1.807, 2.05) is 49.6 Å². The van der Waals surface area contributed by atoms with Gasteiger partial charge in [0.2, 0.25) is 0 Å². The fraction of sp³-hybridized carbons (Fsp3) is 0.172. The molecule has 4 nitrogen and oxygen atoms in total. The Morgan fingerprint density at radius 3 is 2.32 bits per heavy atom. The maximum Gasteiger partial charge on any atom is 0.419 e. The lowest BCUT2D eigenvalue weighted by atomic mass is 9.97. The van der Waals surface area contributed by atoms with E-state index in [1.165, 1.54) is 13.2 Å². The third kappa shape index (κ3) is 6.14. The molecule has 37 heavy (non-hydrogen) atoms. The average molecular weight is 523 g/mol. The Morgan fingerprint density at radius 2 is 1.65 bits per heavy atom. The number of hydrogen-bond acceptors (Lipinski definition) is 4. The van der Waals surface area contributed by atoms with Crippen molar-refractivity contribution in [3.05, 3.63) is 101 Å². The predicted octanol–water partition coefficient (Wildman–Crippen LogP) is 7.40. The number of methoxy groups -OCH3 is 1. The maximum absolute atomic E-state index is 13.5. The number of ether oxygens (including phenoxy) is 1. The summed E-state index contributed by atoms with van der Waals surface area (Å²) in [4.78, 5) is 18.1. The number of carbonyl (C=O) groups is 1. The van der Waals surface area contributed by atoms with Gasteiger partial charge < -0.3 is 10.1 Å². The van der Waals surface area contributed by atoms with Crippen LogP contribution in [0, 0.1) is 6.92 Å². The summed E-state index contributed by atoms with van der Waals surface area (Å²) in [6, 6.07) is 20.6. The van der Waals surface area contributed by atoms with Crippen molar-refractivity contribution >= 4 is 17.7 Å². The fourth-order valence-corrected chi connectivity index (χ4v) is 4.61. The number of aromatic nitrogens is 1. The minimum Gasteiger partial charge on any atom is -0.496 e. The Labute approximate surface area is 217 Å². The number of nitrogens with one attached hydrogen (secondary N) is 1. The zero-order valence-electron chi connectivity index (χ0n) is 20.5. The first-order chi connectivity index (χ1) is 17.7. The number of alkyl halides is 3. The van der Waals surface area contributed by atoms with Crippen molar-refractivity contribution in [2.24, 2.45) is 0 Å². The van der Waals surface area contributed by atoms with Gasteiger partial charge in [-0.05, 0) is 83.5 Å². The summed E-state index contributed by atoms with van der Waals surface area (Å²) in [6.45, 7) is 2.24. The van der Waals surface area contributed by atoms with Gasteiger partial charge in [-0.15, -0.1) is 11.8 Å². The van der Waals surface area contributed by atoms with Crippen molar-refractivity contribution in [2.75, 3.05) is 13.4 Å². The van der Waals surface area contributed by atoms with Gasteiger partial charge in [0.1, 0.15) is 5.75 Å². The highest BCUT2D eigenvalue weighted by atomic mass is 32.2. The second kappa shape index (κ2) is 11.1. The van der Waals surface area contributed by atoms with E-state index >= 15 is 0 Å². The van der Waals surface area contributed by atoms with Crippen molar-refractivity contribution in [3.8, 4) is 28.0 Å². The summed E-state index contributed by atoms with van der Waals surface area (Å²) in [5.74, 6) is -0.409. The van der Waals surface area contributed by atoms with Crippen LogP contribution in [0.5, 0.6) is 5.75 Å². The first-order valence-electron chi connectivity index (χ1n) is 11.4. The number of nitrogens with zero attached hydrogens (tertiary/aromatic N) is 1. The number of thioether (sulfide) groups is 1. The van der Waals surface area contributed by atoms with Crippen LogP contribution < -0.4 is 10.1 Å². The number of aryl methyl sites for hydroxylation is 1. The minimum atomic E-state index is -4.53. The topological polar surface area (TPSA) is 51.2 Å².